The van der Waals surface area contributed by atoms with Crippen LogP contribution < -0.4 is 15.4 Å². The quantitative estimate of drug-likeness (QED) is 0.531. The Morgan fingerprint density at radius 3 is 2.25 bits per heavy atom. The number of carbonyl (C=O) groups is 1. The molecule has 7 nitrogen and oxygen atoms in total. The minimum atomic E-state index is -4.69. The largest absolute Gasteiger partial charge is 0.417 e. The van der Waals surface area contributed by atoms with Crippen molar-refractivity contribution in [1.82, 2.24) is 4.98 Å². The van der Waals surface area contributed by atoms with Gasteiger partial charge in [0, 0.05) is 11.9 Å². The van der Waals surface area contributed by atoms with E-state index in [9.17, 15) is 26.4 Å². The average molecular weight is 485 g/mol. The molecule has 0 fully saturated rings. The third kappa shape index (κ3) is 5.29. The highest BCUT2D eigenvalue weighted by molar-refractivity contribution is 7.92. The van der Waals surface area contributed by atoms with Crippen LogP contribution in [0.4, 0.5) is 29.5 Å². The number of anilines is 2. The molecule has 0 atom stereocenters. The minimum absolute atomic E-state index is 0.193. The molecule has 1 heterocycles. The fraction of sp³-hybridized carbons (Fsp3) is 0.100. The molecule has 3 N–H and O–H groups in total. The predicted molar refractivity (Wildman–Crippen MR) is 114 cm³/mol. The van der Waals surface area contributed by atoms with Crippen molar-refractivity contribution in [3.63, 3.8) is 0 Å². The van der Waals surface area contributed by atoms with E-state index in [1.54, 1.807) is 30.3 Å². The van der Waals surface area contributed by atoms with Gasteiger partial charge in [0.1, 0.15) is 0 Å². The zero-order chi connectivity index (χ0) is 23.5. The van der Waals surface area contributed by atoms with Gasteiger partial charge in [0.05, 0.1) is 22.0 Å². The summed E-state index contributed by atoms with van der Waals surface area (Å²) in [6.45, 7) is -0.234. The molecule has 32 heavy (non-hydrogen) atoms. The van der Waals surface area contributed by atoms with E-state index in [2.05, 4.69) is 10.3 Å². The van der Waals surface area contributed by atoms with Crippen molar-refractivity contribution < 1.29 is 26.4 Å². The van der Waals surface area contributed by atoms with Crippen LogP contribution >= 0.6 is 11.6 Å². The molecule has 0 aliphatic carbocycles. The standard InChI is InChI=1S/C20H16ClF3N4O3S/c21-17-10-14(20(22,23)24)11-26-18(17)28(12-13-4-2-1-3-5-13)32(30,31)16-8-6-15(7-9-16)27-19(25)29/h1-11H,12H2,(H3,25,27,29). The van der Waals surface area contributed by atoms with Crippen LogP contribution in [0.15, 0.2) is 71.8 Å². The number of urea groups is 1. The van der Waals surface area contributed by atoms with Gasteiger partial charge in [0.15, 0.2) is 5.82 Å². The van der Waals surface area contributed by atoms with Crippen molar-refractivity contribution in [2.24, 2.45) is 5.73 Å². The van der Waals surface area contributed by atoms with E-state index in [4.69, 9.17) is 17.3 Å². The molecule has 3 aromatic rings. The first-order valence-corrected chi connectivity index (χ1v) is 10.8. The summed E-state index contributed by atoms with van der Waals surface area (Å²) in [5.41, 5.74) is 4.75. The van der Waals surface area contributed by atoms with E-state index in [1.807, 2.05) is 0 Å². The van der Waals surface area contributed by atoms with Crippen LogP contribution in [-0.2, 0) is 22.7 Å². The summed E-state index contributed by atoms with van der Waals surface area (Å²) < 4.78 is 66.6. The zero-order valence-corrected chi connectivity index (χ0v) is 17.7. The molecule has 3 rings (SSSR count). The maximum atomic E-state index is 13.4. The van der Waals surface area contributed by atoms with Crippen molar-refractivity contribution in [2.75, 3.05) is 9.62 Å². The highest BCUT2D eigenvalue weighted by atomic mass is 35.5. The minimum Gasteiger partial charge on any atom is -0.351 e. The maximum absolute atomic E-state index is 13.4. The van der Waals surface area contributed by atoms with Gasteiger partial charge < -0.3 is 11.1 Å². The smallest absolute Gasteiger partial charge is 0.351 e. The summed E-state index contributed by atoms with van der Waals surface area (Å²) in [6.07, 6.45) is -4.17. The lowest BCUT2D eigenvalue weighted by molar-refractivity contribution is -0.137. The molecular weight excluding hydrogens is 469 g/mol. The number of primary amides is 1. The Morgan fingerprint density at radius 2 is 1.72 bits per heavy atom. The van der Waals surface area contributed by atoms with Crippen molar-refractivity contribution in [2.45, 2.75) is 17.6 Å². The summed E-state index contributed by atoms with van der Waals surface area (Å²) in [5, 5.41) is 1.82. The van der Waals surface area contributed by atoms with Crippen LogP contribution in [0.3, 0.4) is 0 Å². The second-order valence-electron chi connectivity index (χ2n) is 6.54. The SMILES string of the molecule is NC(=O)Nc1ccc(S(=O)(=O)N(Cc2ccccc2)c2ncc(C(F)(F)F)cc2Cl)cc1. The molecule has 168 valence electrons. The Labute approximate surface area is 186 Å². The summed E-state index contributed by atoms with van der Waals surface area (Å²) in [7, 11) is -4.31. The Hall–Kier alpha value is -3.31. The number of nitrogens with one attached hydrogen (secondary N) is 1. The van der Waals surface area contributed by atoms with Gasteiger partial charge in [0.2, 0.25) is 0 Å². The Bertz CT molecular complexity index is 1220. The van der Waals surface area contributed by atoms with Gasteiger partial charge in [-0.2, -0.15) is 13.2 Å². The first-order valence-electron chi connectivity index (χ1n) is 8.94. The van der Waals surface area contributed by atoms with Crippen molar-refractivity contribution >= 4 is 39.2 Å². The monoisotopic (exact) mass is 484 g/mol. The Balaban J connectivity index is 2.07. The number of alkyl halides is 3. The molecule has 0 aliphatic heterocycles. The number of benzene rings is 2. The second-order valence-corrected chi connectivity index (χ2v) is 8.81. The highest BCUT2D eigenvalue weighted by Gasteiger charge is 2.34. The maximum Gasteiger partial charge on any atom is 0.417 e. The van der Waals surface area contributed by atoms with Crippen molar-refractivity contribution in [3.05, 3.63) is 83.0 Å². The van der Waals surface area contributed by atoms with Crippen molar-refractivity contribution in [1.29, 1.82) is 0 Å². The lowest BCUT2D eigenvalue weighted by Crippen LogP contribution is -2.31. The van der Waals surface area contributed by atoms with Crippen LogP contribution in [0.2, 0.25) is 5.02 Å². The van der Waals surface area contributed by atoms with Gasteiger partial charge in [-0.15, -0.1) is 0 Å². The topological polar surface area (TPSA) is 105 Å². The van der Waals surface area contributed by atoms with Gasteiger partial charge in [-0.3, -0.25) is 0 Å². The number of sulfonamides is 1. The number of nitrogens with zero attached hydrogens (tertiary/aromatic N) is 2. The summed E-state index contributed by atoms with van der Waals surface area (Å²) in [4.78, 5) is 14.5. The van der Waals surface area contributed by atoms with Crippen LogP contribution in [0.25, 0.3) is 0 Å². The number of halogens is 4. The van der Waals surface area contributed by atoms with Crippen LogP contribution in [0.5, 0.6) is 0 Å². The number of carbonyl (C=O) groups excluding carboxylic acids is 1. The number of hydrogen-bond donors (Lipinski definition) is 2. The average Bonchev–Trinajstić information content (AvgIpc) is 2.72. The van der Waals surface area contributed by atoms with Gasteiger partial charge in [-0.05, 0) is 35.9 Å². The lowest BCUT2D eigenvalue weighted by Gasteiger charge is -2.25. The molecule has 0 aliphatic rings. The van der Waals surface area contributed by atoms with E-state index in [0.717, 1.165) is 4.31 Å². The van der Waals surface area contributed by atoms with Gasteiger partial charge >= 0.3 is 12.2 Å². The van der Waals surface area contributed by atoms with Crippen LogP contribution in [-0.4, -0.2) is 19.4 Å². The molecule has 0 saturated heterocycles. The fourth-order valence-corrected chi connectivity index (χ4v) is 4.52. The van der Waals surface area contributed by atoms with Gasteiger partial charge in [-0.1, -0.05) is 41.9 Å². The van der Waals surface area contributed by atoms with Crippen LogP contribution in [0.1, 0.15) is 11.1 Å². The molecule has 0 unspecified atom stereocenters. The third-order valence-corrected chi connectivity index (χ3v) is 6.29. The molecule has 2 amide bonds. The zero-order valence-electron chi connectivity index (χ0n) is 16.2. The number of aromatic nitrogens is 1. The van der Waals surface area contributed by atoms with E-state index in [0.29, 0.717) is 17.8 Å². The second kappa shape index (κ2) is 9.05. The normalized spacial score (nSPS) is 11.8. The summed E-state index contributed by atoms with van der Waals surface area (Å²) >= 11 is 6.04. The summed E-state index contributed by atoms with van der Waals surface area (Å²) in [6, 6.07) is 13.3. The molecule has 0 radical (unpaired) electrons. The number of amides is 2. The molecular formula is C20H16ClF3N4O3S. The molecule has 12 heteroatoms. The third-order valence-electron chi connectivity index (χ3n) is 4.26. The predicted octanol–water partition coefficient (Wildman–Crippen LogP) is 4.64. The molecule has 0 bridgehead atoms. The van der Waals surface area contributed by atoms with Crippen LogP contribution in [0, 0.1) is 0 Å². The summed E-state index contributed by atoms with van der Waals surface area (Å²) in [5.74, 6) is -0.358. The van der Waals surface area contributed by atoms with Crippen molar-refractivity contribution in [3.8, 4) is 0 Å². The molecule has 0 saturated carbocycles. The number of pyridine rings is 1. The number of rotatable bonds is 6. The molecule has 0 spiro atoms. The highest BCUT2D eigenvalue weighted by Crippen LogP contribution is 2.36. The van der Waals surface area contributed by atoms with E-state index in [-0.39, 0.29) is 22.9 Å². The number of hydrogen-bond acceptors (Lipinski definition) is 4. The first-order chi connectivity index (χ1) is 15.0. The van der Waals surface area contributed by atoms with E-state index in [1.165, 1.54) is 24.3 Å². The van der Waals surface area contributed by atoms with Gasteiger partial charge in [0.25, 0.3) is 10.0 Å². The molecule has 1 aromatic heterocycles. The number of nitrogens with two attached hydrogens (primary N) is 1. The van der Waals surface area contributed by atoms with Gasteiger partial charge in [-0.25, -0.2) is 22.5 Å². The Kier molecular flexibility index (Phi) is 6.60. The Morgan fingerprint density at radius 1 is 1.09 bits per heavy atom. The van der Waals surface area contributed by atoms with E-state index < -0.39 is 32.8 Å². The fourth-order valence-electron chi connectivity index (χ4n) is 2.77. The lowest BCUT2D eigenvalue weighted by atomic mass is 10.2. The first kappa shape index (κ1) is 23.4. The van der Waals surface area contributed by atoms with E-state index >= 15 is 0 Å². The molecule has 2 aromatic carbocycles.